The Balaban J connectivity index is 2.49. The summed E-state index contributed by atoms with van der Waals surface area (Å²) in [4.78, 5) is 57.0. The number of halogens is 1. The van der Waals surface area contributed by atoms with Gasteiger partial charge in [-0.25, -0.2) is 0 Å². The van der Waals surface area contributed by atoms with E-state index in [1.165, 1.54) is 6.07 Å². The van der Waals surface area contributed by atoms with Crippen LogP contribution < -0.4 is 4.74 Å². The van der Waals surface area contributed by atoms with Crippen LogP contribution in [0.1, 0.15) is 27.7 Å². The van der Waals surface area contributed by atoms with Crippen LogP contribution in [-0.2, 0) is 42.9 Å². The van der Waals surface area contributed by atoms with Gasteiger partial charge in [0.05, 0.1) is 9.95 Å². The van der Waals surface area contributed by atoms with Crippen LogP contribution in [-0.4, -0.2) is 66.1 Å². The van der Waals surface area contributed by atoms with Crippen molar-refractivity contribution in [3.05, 3.63) is 33.3 Å². The van der Waals surface area contributed by atoms with E-state index in [0.717, 1.165) is 39.8 Å². The van der Waals surface area contributed by atoms with E-state index in [1.54, 1.807) is 0 Å². The molecule has 1 aliphatic heterocycles. The Morgan fingerprint density at radius 2 is 1.50 bits per heavy atom. The van der Waals surface area contributed by atoms with Gasteiger partial charge in [0.25, 0.3) is 5.69 Å². The molecular formula is C20H22ClNO12. The van der Waals surface area contributed by atoms with Crippen molar-refractivity contribution >= 4 is 41.2 Å². The molecule has 1 aromatic carbocycles. The van der Waals surface area contributed by atoms with Gasteiger partial charge >= 0.3 is 23.9 Å². The molecule has 1 aromatic rings. The van der Waals surface area contributed by atoms with Gasteiger partial charge < -0.3 is 28.4 Å². The van der Waals surface area contributed by atoms with Gasteiger partial charge in [-0.2, -0.15) is 0 Å². The van der Waals surface area contributed by atoms with Crippen LogP contribution in [0.15, 0.2) is 18.2 Å². The standard InChI is InChI=1S/C20H22ClNO12/c1-9(23)29-8-16-17(30-10(2)24)18(31-11(3)25)19(32-12(4)26)20(34-16)33-15-6-5-13(22(27)28)7-14(15)21/h5-7,16-20H,8H2,1-4H3/t16?,17-,18+,19+,20+/m1/s1. The summed E-state index contributed by atoms with van der Waals surface area (Å²) >= 11 is 6.09. The molecule has 1 aliphatic rings. The molecule has 1 fully saturated rings. The number of non-ortho nitro benzene ring substituents is 1. The maximum Gasteiger partial charge on any atom is 0.303 e. The number of rotatable bonds is 8. The predicted octanol–water partition coefficient (Wildman–Crippen LogP) is 1.71. The average molecular weight is 504 g/mol. The van der Waals surface area contributed by atoms with E-state index in [9.17, 15) is 29.3 Å². The maximum absolute atomic E-state index is 11.8. The van der Waals surface area contributed by atoms with E-state index < -0.39 is 66.1 Å². The summed E-state index contributed by atoms with van der Waals surface area (Å²) in [6.45, 7) is 3.95. The third-order valence-corrected chi connectivity index (χ3v) is 4.61. The lowest BCUT2D eigenvalue weighted by Gasteiger charge is -2.43. The quantitative estimate of drug-likeness (QED) is 0.218. The zero-order valence-electron chi connectivity index (χ0n) is 18.6. The molecule has 0 amide bonds. The van der Waals surface area contributed by atoms with Gasteiger partial charge in [-0.3, -0.25) is 29.3 Å². The monoisotopic (exact) mass is 503 g/mol. The first-order chi connectivity index (χ1) is 15.9. The summed E-state index contributed by atoms with van der Waals surface area (Å²) in [6, 6.07) is 3.34. The van der Waals surface area contributed by atoms with Crippen molar-refractivity contribution in [1.29, 1.82) is 0 Å². The van der Waals surface area contributed by atoms with Crippen molar-refractivity contribution in [3.8, 4) is 5.75 Å². The lowest BCUT2D eigenvalue weighted by atomic mass is 9.98. The average Bonchev–Trinajstić information content (AvgIpc) is 2.71. The zero-order valence-corrected chi connectivity index (χ0v) is 19.3. The molecule has 0 aromatic heterocycles. The fraction of sp³-hybridized carbons (Fsp3) is 0.500. The molecule has 5 atom stereocenters. The lowest BCUT2D eigenvalue weighted by Crippen LogP contribution is -2.63. The highest BCUT2D eigenvalue weighted by molar-refractivity contribution is 6.32. The second-order valence-electron chi connectivity index (χ2n) is 7.06. The molecule has 0 bridgehead atoms. The van der Waals surface area contributed by atoms with Gasteiger partial charge in [-0.05, 0) is 6.07 Å². The SMILES string of the molecule is CC(=O)OCC1O[C@H](Oc2ccc([N+](=O)[O-])cc2Cl)[C@@H](OC(C)=O)[C@@H](OC(C)=O)[C@@H]1OC(C)=O. The summed E-state index contributed by atoms with van der Waals surface area (Å²) in [5.74, 6) is -3.16. The Labute approximate surface area is 198 Å². The molecular weight excluding hydrogens is 482 g/mol. The Morgan fingerprint density at radius 3 is 2.00 bits per heavy atom. The number of hydrogen-bond donors (Lipinski definition) is 0. The molecule has 0 N–H and O–H groups in total. The Morgan fingerprint density at radius 1 is 0.941 bits per heavy atom. The van der Waals surface area contributed by atoms with Crippen LogP contribution in [0.4, 0.5) is 5.69 Å². The van der Waals surface area contributed by atoms with E-state index in [2.05, 4.69) is 0 Å². The first-order valence-electron chi connectivity index (χ1n) is 9.80. The summed E-state index contributed by atoms with van der Waals surface area (Å²) < 4.78 is 32.2. The number of nitro groups is 1. The van der Waals surface area contributed by atoms with Gasteiger partial charge in [0, 0.05) is 39.8 Å². The Bertz CT molecular complexity index is 967. The summed E-state index contributed by atoms with van der Waals surface area (Å²) in [7, 11) is 0. The zero-order chi connectivity index (χ0) is 25.6. The highest BCUT2D eigenvalue weighted by Crippen LogP contribution is 2.34. The molecule has 0 spiro atoms. The van der Waals surface area contributed by atoms with Crippen molar-refractivity contribution in [3.63, 3.8) is 0 Å². The Hall–Kier alpha value is -3.45. The fourth-order valence-electron chi connectivity index (χ4n) is 3.11. The maximum atomic E-state index is 11.8. The van der Waals surface area contributed by atoms with Crippen molar-refractivity contribution in [2.24, 2.45) is 0 Å². The lowest BCUT2D eigenvalue weighted by molar-refractivity contribution is -0.384. The van der Waals surface area contributed by atoms with Crippen molar-refractivity contribution < 1.29 is 52.5 Å². The topological polar surface area (TPSA) is 167 Å². The van der Waals surface area contributed by atoms with Crippen LogP contribution >= 0.6 is 11.6 Å². The minimum atomic E-state index is -1.51. The van der Waals surface area contributed by atoms with Crippen LogP contribution in [0, 0.1) is 10.1 Å². The smallest absolute Gasteiger partial charge is 0.303 e. The molecule has 34 heavy (non-hydrogen) atoms. The van der Waals surface area contributed by atoms with E-state index in [-0.39, 0.29) is 16.5 Å². The van der Waals surface area contributed by atoms with Crippen molar-refractivity contribution in [1.82, 2.24) is 0 Å². The number of ether oxygens (including phenoxy) is 6. The second kappa shape index (κ2) is 11.6. The highest BCUT2D eigenvalue weighted by Gasteiger charge is 2.53. The number of nitro benzene ring substituents is 1. The van der Waals surface area contributed by atoms with Gasteiger partial charge in [-0.15, -0.1) is 0 Å². The first-order valence-corrected chi connectivity index (χ1v) is 10.2. The predicted molar refractivity (Wildman–Crippen MR) is 111 cm³/mol. The number of esters is 4. The van der Waals surface area contributed by atoms with Gasteiger partial charge in [0.15, 0.2) is 12.2 Å². The fourth-order valence-corrected chi connectivity index (χ4v) is 3.33. The number of carbonyl (C=O) groups is 4. The molecule has 186 valence electrons. The van der Waals surface area contributed by atoms with Crippen LogP contribution in [0.5, 0.6) is 5.75 Å². The minimum absolute atomic E-state index is 0.0897. The molecule has 0 aliphatic carbocycles. The van der Waals surface area contributed by atoms with Gasteiger partial charge in [-0.1, -0.05) is 11.6 Å². The highest BCUT2D eigenvalue weighted by atomic mass is 35.5. The van der Waals surface area contributed by atoms with Crippen LogP contribution in [0.2, 0.25) is 5.02 Å². The molecule has 1 unspecified atom stereocenters. The third-order valence-electron chi connectivity index (χ3n) is 4.32. The number of benzene rings is 1. The van der Waals surface area contributed by atoms with E-state index in [1.807, 2.05) is 0 Å². The van der Waals surface area contributed by atoms with Gasteiger partial charge in [0.1, 0.15) is 18.5 Å². The minimum Gasteiger partial charge on any atom is -0.463 e. The van der Waals surface area contributed by atoms with Crippen LogP contribution in [0.3, 0.4) is 0 Å². The number of carbonyl (C=O) groups excluding carboxylic acids is 4. The van der Waals surface area contributed by atoms with Crippen LogP contribution in [0.25, 0.3) is 0 Å². The number of nitrogens with zero attached hydrogens (tertiary/aromatic N) is 1. The van der Waals surface area contributed by atoms with E-state index in [0.29, 0.717) is 0 Å². The molecule has 13 nitrogen and oxygen atoms in total. The third kappa shape index (κ3) is 7.28. The largest absolute Gasteiger partial charge is 0.463 e. The number of hydrogen-bond acceptors (Lipinski definition) is 12. The first kappa shape index (κ1) is 26.8. The molecule has 1 heterocycles. The van der Waals surface area contributed by atoms with Crippen molar-refractivity contribution in [2.45, 2.75) is 58.4 Å². The molecule has 1 saturated heterocycles. The summed E-state index contributed by atoms with van der Waals surface area (Å²) in [6.07, 6.45) is -6.98. The second-order valence-corrected chi connectivity index (χ2v) is 7.46. The normalized spacial score (nSPS) is 23.9. The summed E-state index contributed by atoms with van der Waals surface area (Å²) in [5.41, 5.74) is -0.307. The Kier molecular flexibility index (Phi) is 9.15. The van der Waals surface area contributed by atoms with Crippen molar-refractivity contribution in [2.75, 3.05) is 6.61 Å². The molecule has 2 rings (SSSR count). The molecule has 0 radical (unpaired) electrons. The van der Waals surface area contributed by atoms with E-state index >= 15 is 0 Å². The molecule has 14 heteroatoms. The summed E-state index contributed by atoms with van der Waals surface area (Å²) in [5, 5.41) is 10.8. The van der Waals surface area contributed by atoms with E-state index in [4.69, 9.17) is 40.0 Å². The van der Waals surface area contributed by atoms with Gasteiger partial charge in [0.2, 0.25) is 12.4 Å². The molecule has 0 saturated carbocycles.